The van der Waals surface area contributed by atoms with Gasteiger partial charge in [0.25, 0.3) is 0 Å². The maximum absolute atomic E-state index is 11.8. The van der Waals surface area contributed by atoms with Crippen LogP contribution >= 0.6 is 0 Å². The summed E-state index contributed by atoms with van der Waals surface area (Å²) in [6.45, 7) is 1.36. The lowest BCUT2D eigenvalue weighted by Gasteiger charge is -2.33. The Kier molecular flexibility index (Phi) is 3.74. The van der Waals surface area contributed by atoms with E-state index < -0.39 is 0 Å². The number of piperidine rings is 1. The molecule has 16 heavy (non-hydrogen) atoms. The number of ketones is 1. The van der Waals surface area contributed by atoms with Gasteiger partial charge >= 0.3 is 0 Å². The second-order valence-corrected chi connectivity index (χ2v) is 4.20. The molecule has 1 aromatic heterocycles. The molecule has 1 atom stereocenters. The third kappa shape index (κ3) is 2.51. The predicted molar refractivity (Wildman–Crippen MR) is 59.3 cm³/mol. The third-order valence-corrected chi connectivity index (χ3v) is 3.10. The van der Waals surface area contributed by atoms with Crippen LogP contribution in [0.3, 0.4) is 0 Å². The largest absolute Gasteiger partial charge is 0.461 e. The van der Waals surface area contributed by atoms with Crippen LogP contribution in [0.25, 0.3) is 0 Å². The van der Waals surface area contributed by atoms with Gasteiger partial charge < -0.3 is 9.52 Å². The van der Waals surface area contributed by atoms with E-state index in [4.69, 9.17) is 4.42 Å². The number of hydrogen-bond acceptors (Lipinski definition) is 4. The zero-order chi connectivity index (χ0) is 11.4. The lowest BCUT2D eigenvalue weighted by Crippen LogP contribution is -2.44. The fraction of sp³-hybridized carbons (Fsp3) is 0.583. The van der Waals surface area contributed by atoms with Gasteiger partial charge in [0, 0.05) is 6.04 Å². The lowest BCUT2D eigenvalue weighted by atomic mass is 10.0. The van der Waals surface area contributed by atoms with Crippen molar-refractivity contribution in [1.82, 2.24) is 4.90 Å². The zero-order valence-corrected chi connectivity index (χ0v) is 9.26. The van der Waals surface area contributed by atoms with E-state index in [1.165, 1.54) is 6.26 Å². The molecule has 1 saturated heterocycles. The molecule has 1 N–H and O–H groups in total. The highest BCUT2D eigenvalue weighted by Gasteiger charge is 2.24. The van der Waals surface area contributed by atoms with E-state index in [-0.39, 0.29) is 18.4 Å². The Labute approximate surface area is 94.9 Å². The van der Waals surface area contributed by atoms with Gasteiger partial charge in [-0.15, -0.1) is 0 Å². The first kappa shape index (κ1) is 11.4. The van der Waals surface area contributed by atoms with Crippen molar-refractivity contribution in [2.75, 3.05) is 19.7 Å². The highest BCUT2D eigenvalue weighted by atomic mass is 16.3. The van der Waals surface area contributed by atoms with Gasteiger partial charge in [-0.05, 0) is 31.5 Å². The standard InChI is InChI=1S/C12H17NO3/c14-9-10-4-1-2-6-13(10)8-11(15)12-5-3-7-16-12/h3,5,7,10,14H,1-2,4,6,8-9H2/t10-/m0/s1. The number of likely N-dealkylation sites (tertiary alicyclic amines) is 1. The van der Waals surface area contributed by atoms with Crippen LogP contribution in [-0.2, 0) is 0 Å². The summed E-state index contributed by atoms with van der Waals surface area (Å²) in [7, 11) is 0. The fourth-order valence-electron chi connectivity index (χ4n) is 2.17. The molecule has 4 heteroatoms. The number of aliphatic hydroxyl groups is 1. The molecule has 0 amide bonds. The summed E-state index contributed by atoms with van der Waals surface area (Å²) < 4.78 is 5.07. The number of carbonyl (C=O) groups is 1. The van der Waals surface area contributed by atoms with E-state index in [9.17, 15) is 9.90 Å². The quantitative estimate of drug-likeness (QED) is 0.782. The maximum atomic E-state index is 11.8. The van der Waals surface area contributed by atoms with E-state index in [1.54, 1.807) is 12.1 Å². The number of rotatable bonds is 4. The van der Waals surface area contributed by atoms with Crippen molar-refractivity contribution < 1.29 is 14.3 Å². The molecule has 88 valence electrons. The molecule has 0 aromatic carbocycles. The van der Waals surface area contributed by atoms with Gasteiger partial charge in [0.2, 0.25) is 5.78 Å². The molecule has 1 aliphatic heterocycles. The van der Waals surface area contributed by atoms with Crippen molar-refractivity contribution in [2.24, 2.45) is 0 Å². The molecule has 0 saturated carbocycles. The monoisotopic (exact) mass is 223 g/mol. The third-order valence-electron chi connectivity index (χ3n) is 3.10. The number of carbonyl (C=O) groups excluding carboxylic acids is 1. The molecule has 2 rings (SSSR count). The first-order valence-corrected chi connectivity index (χ1v) is 5.73. The Morgan fingerprint density at radius 1 is 1.56 bits per heavy atom. The van der Waals surface area contributed by atoms with E-state index in [0.717, 1.165) is 25.8 Å². The SMILES string of the molecule is O=C(CN1CCCC[C@H]1CO)c1ccco1. The van der Waals surface area contributed by atoms with Gasteiger partial charge in [-0.1, -0.05) is 6.42 Å². The van der Waals surface area contributed by atoms with Crippen molar-refractivity contribution in [1.29, 1.82) is 0 Å². The molecule has 1 aromatic rings. The Balaban J connectivity index is 1.95. The zero-order valence-electron chi connectivity index (χ0n) is 9.26. The molecule has 0 aliphatic carbocycles. The maximum Gasteiger partial charge on any atom is 0.211 e. The average Bonchev–Trinajstić information content (AvgIpc) is 2.83. The first-order valence-electron chi connectivity index (χ1n) is 5.73. The number of Topliss-reactive ketones (excluding diaryl/α,β-unsaturated/α-hetero) is 1. The molecular formula is C12H17NO3. The van der Waals surface area contributed by atoms with Crippen LogP contribution in [0.2, 0.25) is 0 Å². The Morgan fingerprint density at radius 3 is 3.12 bits per heavy atom. The molecular weight excluding hydrogens is 206 g/mol. The van der Waals surface area contributed by atoms with Crippen molar-refractivity contribution >= 4 is 5.78 Å². The van der Waals surface area contributed by atoms with Crippen LogP contribution in [0.15, 0.2) is 22.8 Å². The number of hydrogen-bond donors (Lipinski definition) is 1. The summed E-state index contributed by atoms with van der Waals surface area (Å²) in [6, 6.07) is 3.53. The topological polar surface area (TPSA) is 53.7 Å². The molecule has 1 fully saturated rings. The number of aliphatic hydroxyl groups excluding tert-OH is 1. The van der Waals surface area contributed by atoms with Gasteiger partial charge in [-0.2, -0.15) is 0 Å². The van der Waals surface area contributed by atoms with Crippen molar-refractivity contribution in [3.05, 3.63) is 24.2 Å². The van der Waals surface area contributed by atoms with Crippen LogP contribution in [0, 0.1) is 0 Å². The minimum absolute atomic E-state index is 0.00894. The van der Waals surface area contributed by atoms with E-state index in [0.29, 0.717) is 12.3 Å². The second kappa shape index (κ2) is 5.27. The Morgan fingerprint density at radius 2 is 2.44 bits per heavy atom. The van der Waals surface area contributed by atoms with Crippen molar-refractivity contribution in [3.8, 4) is 0 Å². The molecule has 0 radical (unpaired) electrons. The van der Waals surface area contributed by atoms with Crippen molar-refractivity contribution in [3.63, 3.8) is 0 Å². The number of nitrogens with zero attached hydrogens (tertiary/aromatic N) is 1. The van der Waals surface area contributed by atoms with Gasteiger partial charge in [0.05, 0.1) is 19.4 Å². The van der Waals surface area contributed by atoms with E-state index in [2.05, 4.69) is 0 Å². The average molecular weight is 223 g/mol. The molecule has 2 heterocycles. The highest BCUT2D eigenvalue weighted by molar-refractivity contribution is 5.95. The second-order valence-electron chi connectivity index (χ2n) is 4.20. The van der Waals surface area contributed by atoms with Gasteiger partial charge in [-0.25, -0.2) is 0 Å². The smallest absolute Gasteiger partial charge is 0.211 e. The van der Waals surface area contributed by atoms with Crippen molar-refractivity contribution in [2.45, 2.75) is 25.3 Å². The van der Waals surface area contributed by atoms with Gasteiger partial charge in [-0.3, -0.25) is 9.69 Å². The lowest BCUT2D eigenvalue weighted by molar-refractivity contribution is 0.0691. The summed E-state index contributed by atoms with van der Waals surface area (Å²) in [5, 5.41) is 9.23. The minimum Gasteiger partial charge on any atom is -0.461 e. The molecule has 0 unspecified atom stereocenters. The molecule has 0 spiro atoms. The Bertz CT molecular complexity index is 334. The fourth-order valence-corrected chi connectivity index (χ4v) is 2.17. The van der Waals surface area contributed by atoms with Crippen LogP contribution in [-0.4, -0.2) is 41.5 Å². The summed E-state index contributed by atoms with van der Waals surface area (Å²) >= 11 is 0. The van der Waals surface area contributed by atoms with Crippen LogP contribution in [0.5, 0.6) is 0 Å². The highest BCUT2D eigenvalue weighted by Crippen LogP contribution is 2.17. The summed E-state index contributed by atoms with van der Waals surface area (Å²) in [5.41, 5.74) is 0. The van der Waals surface area contributed by atoms with Gasteiger partial charge in [0.1, 0.15) is 0 Å². The van der Waals surface area contributed by atoms with Gasteiger partial charge in [0.15, 0.2) is 5.76 Å². The molecule has 4 nitrogen and oxygen atoms in total. The predicted octanol–water partition coefficient (Wildman–Crippen LogP) is 1.31. The summed E-state index contributed by atoms with van der Waals surface area (Å²) in [5.74, 6) is 0.396. The van der Waals surface area contributed by atoms with E-state index >= 15 is 0 Å². The van der Waals surface area contributed by atoms with Crippen LogP contribution < -0.4 is 0 Å². The van der Waals surface area contributed by atoms with E-state index in [1.807, 2.05) is 4.90 Å². The molecule has 1 aliphatic rings. The normalized spacial score (nSPS) is 22.2. The van der Waals surface area contributed by atoms with Crippen LogP contribution in [0.4, 0.5) is 0 Å². The molecule has 0 bridgehead atoms. The Hall–Kier alpha value is -1.13. The number of furan rings is 1. The minimum atomic E-state index is -0.00894. The van der Waals surface area contributed by atoms with Crippen LogP contribution in [0.1, 0.15) is 29.8 Å². The summed E-state index contributed by atoms with van der Waals surface area (Å²) in [4.78, 5) is 13.9. The first-order chi connectivity index (χ1) is 7.81. The summed E-state index contributed by atoms with van der Waals surface area (Å²) in [6.07, 6.45) is 4.72.